The molecule has 0 aromatic carbocycles. The Balaban J connectivity index is 1.81. The van der Waals surface area contributed by atoms with Crippen molar-refractivity contribution in [3.63, 3.8) is 0 Å². The van der Waals surface area contributed by atoms with Crippen molar-refractivity contribution in [3.8, 4) is 0 Å². The van der Waals surface area contributed by atoms with Gasteiger partial charge in [-0.25, -0.2) is 0 Å². The van der Waals surface area contributed by atoms with Crippen molar-refractivity contribution in [2.24, 2.45) is 0 Å². The van der Waals surface area contributed by atoms with Crippen LogP contribution in [0.2, 0.25) is 4.34 Å². The molecule has 0 saturated carbocycles. The minimum absolute atomic E-state index is 0.696. The molecule has 96 valence electrons. The van der Waals surface area contributed by atoms with E-state index in [1.807, 2.05) is 0 Å². The lowest BCUT2D eigenvalue weighted by Crippen LogP contribution is -2.49. The van der Waals surface area contributed by atoms with Gasteiger partial charge in [-0.1, -0.05) is 23.0 Å². The molecule has 1 atom stereocenters. The molecule has 1 fully saturated rings. The minimum Gasteiger partial charge on any atom is -0.298 e. The molecule has 2 rings (SSSR count). The van der Waals surface area contributed by atoms with Crippen LogP contribution in [-0.2, 0) is 6.54 Å². The van der Waals surface area contributed by atoms with Crippen molar-refractivity contribution in [2.75, 3.05) is 26.2 Å². The van der Waals surface area contributed by atoms with Gasteiger partial charge in [0.2, 0.25) is 0 Å². The van der Waals surface area contributed by atoms with Crippen LogP contribution < -0.4 is 0 Å². The maximum Gasteiger partial charge on any atom is 0.138 e. The first-order valence-electron chi connectivity index (χ1n) is 6.13. The van der Waals surface area contributed by atoms with Crippen LogP contribution in [0.5, 0.6) is 0 Å². The quantitative estimate of drug-likeness (QED) is 0.842. The molecule has 1 aliphatic rings. The first-order valence-corrected chi connectivity index (χ1v) is 7.29. The lowest BCUT2D eigenvalue weighted by molar-refractivity contribution is 0.0956. The minimum atomic E-state index is 0.696. The monoisotopic (exact) mass is 274 g/mol. The van der Waals surface area contributed by atoms with Crippen LogP contribution in [0.15, 0.2) is 0 Å². The Morgan fingerprint density at radius 2 is 2.06 bits per heavy atom. The van der Waals surface area contributed by atoms with Crippen molar-refractivity contribution in [1.82, 2.24) is 19.4 Å². The number of piperazine rings is 1. The molecule has 0 radical (unpaired) electrons. The molecule has 1 aromatic rings. The lowest BCUT2D eigenvalue weighted by atomic mass is 10.2. The van der Waals surface area contributed by atoms with Crippen LogP contribution >= 0.6 is 23.1 Å². The van der Waals surface area contributed by atoms with Gasteiger partial charge in [0, 0.05) is 50.3 Å². The smallest absolute Gasteiger partial charge is 0.138 e. The molecule has 17 heavy (non-hydrogen) atoms. The highest BCUT2D eigenvalue weighted by atomic mass is 35.5. The van der Waals surface area contributed by atoms with Crippen molar-refractivity contribution < 1.29 is 0 Å². The Kier molecular flexibility index (Phi) is 4.73. The second-order valence-electron chi connectivity index (χ2n) is 4.56. The van der Waals surface area contributed by atoms with E-state index in [2.05, 4.69) is 33.2 Å². The Morgan fingerprint density at radius 3 is 2.59 bits per heavy atom. The second kappa shape index (κ2) is 6.09. The van der Waals surface area contributed by atoms with Crippen LogP contribution in [0.1, 0.15) is 26.0 Å². The fourth-order valence-electron chi connectivity index (χ4n) is 2.12. The van der Waals surface area contributed by atoms with Crippen LogP contribution in [0.3, 0.4) is 0 Å². The normalized spacial score (nSPS) is 20.6. The molecule has 1 aromatic heterocycles. The summed E-state index contributed by atoms with van der Waals surface area (Å²) in [6, 6.07) is 0.696. The molecule has 0 amide bonds. The number of halogens is 1. The molecular weight excluding hydrogens is 256 g/mol. The topological polar surface area (TPSA) is 32.3 Å². The first-order chi connectivity index (χ1) is 8.20. The summed E-state index contributed by atoms with van der Waals surface area (Å²) in [6.45, 7) is 9.86. The molecule has 0 spiro atoms. The summed E-state index contributed by atoms with van der Waals surface area (Å²) in [5.74, 6) is 0. The Labute approximate surface area is 112 Å². The lowest BCUT2D eigenvalue weighted by Gasteiger charge is -2.37. The van der Waals surface area contributed by atoms with E-state index in [9.17, 15) is 0 Å². The predicted molar refractivity (Wildman–Crippen MR) is 71.5 cm³/mol. The van der Waals surface area contributed by atoms with Crippen molar-refractivity contribution in [3.05, 3.63) is 10.0 Å². The number of hydrogen-bond acceptors (Lipinski definition) is 5. The maximum absolute atomic E-state index is 6.02. The predicted octanol–water partition coefficient (Wildman–Crippen LogP) is 2.11. The van der Waals surface area contributed by atoms with Crippen molar-refractivity contribution in [1.29, 1.82) is 0 Å². The van der Waals surface area contributed by atoms with Gasteiger partial charge in [-0.15, -0.1) is 5.10 Å². The van der Waals surface area contributed by atoms with Crippen LogP contribution in [-0.4, -0.2) is 51.6 Å². The van der Waals surface area contributed by atoms with Gasteiger partial charge in [0.1, 0.15) is 10.0 Å². The van der Waals surface area contributed by atoms with E-state index in [1.54, 1.807) is 0 Å². The van der Waals surface area contributed by atoms with E-state index in [4.69, 9.17) is 11.6 Å². The second-order valence-corrected chi connectivity index (χ2v) is 5.92. The Bertz CT molecular complexity index is 349. The number of aromatic nitrogens is 2. The van der Waals surface area contributed by atoms with Gasteiger partial charge < -0.3 is 0 Å². The van der Waals surface area contributed by atoms with Gasteiger partial charge in [-0.2, -0.15) is 0 Å². The summed E-state index contributed by atoms with van der Waals surface area (Å²) in [4.78, 5) is 4.96. The fraction of sp³-hybridized carbons (Fsp3) is 0.818. The summed E-state index contributed by atoms with van der Waals surface area (Å²) in [5.41, 5.74) is 0.925. The van der Waals surface area contributed by atoms with Gasteiger partial charge >= 0.3 is 0 Å². The number of hydrogen-bond donors (Lipinski definition) is 0. The SMILES string of the molecule is CCC(C)N1CCN(Cc2nnsc2Cl)CC1. The zero-order valence-corrected chi connectivity index (χ0v) is 12.0. The number of nitrogens with zero attached hydrogens (tertiary/aromatic N) is 4. The van der Waals surface area contributed by atoms with Crippen LogP contribution in [0, 0.1) is 0 Å². The highest BCUT2D eigenvalue weighted by molar-refractivity contribution is 7.10. The van der Waals surface area contributed by atoms with Gasteiger partial charge in [-0.05, 0) is 13.3 Å². The van der Waals surface area contributed by atoms with E-state index in [0.29, 0.717) is 6.04 Å². The van der Waals surface area contributed by atoms with Crippen LogP contribution in [0.25, 0.3) is 0 Å². The average molecular weight is 275 g/mol. The molecule has 4 nitrogen and oxygen atoms in total. The average Bonchev–Trinajstić information content (AvgIpc) is 2.75. The van der Waals surface area contributed by atoms with Crippen molar-refractivity contribution in [2.45, 2.75) is 32.9 Å². The molecule has 6 heteroatoms. The molecule has 1 saturated heterocycles. The summed E-state index contributed by atoms with van der Waals surface area (Å²) in [7, 11) is 0. The van der Waals surface area contributed by atoms with Gasteiger partial charge in [0.25, 0.3) is 0 Å². The maximum atomic E-state index is 6.02. The summed E-state index contributed by atoms with van der Waals surface area (Å²) < 4.78 is 4.60. The van der Waals surface area contributed by atoms with Gasteiger partial charge in [0.05, 0.1) is 0 Å². The third-order valence-electron chi connectivity index (χ3n) is 3.50. The molecule has 0 aliphatic carbocycles. The largest absolute Gasteiger partial charge is 0.298 e. The Morgan fingerprint density at radius 1 is 1.35 bits per heavy atom. The van der Waals surface area contributed by atoms with Crippen LogP contribution in [0.4, 0.5) is 0 Å². The molecular formula is C11H19ClN4S. The Hall–Kier alpha value is -0.230. The van der Waals surface area contributed by atoms with E-state index < -0.39 is 0 Å². The highest BCUT2D eigenvalue weighted by Crippen LogP contribution is 2.19. The summed E-state index contributed by atoms with van der Waals surface area (Å²) >= 11 is 7.29. The molecule has 1 aliphatic heterocycles. The zero-order chi connectivity index (χ0) is 12.3. The van der Waals surface area contributed by atoms with Gasteiger partial charge in [0.15, 0.2) is 0 Å². The third-order valence-corrected chi connectivity index (χ3v) is 4.49. The van der Waals surface area contributed by atoms with E-state index in [1.165, 1.54) is 18.0 Å². The van der Waals surface area contributed by atoms with Crippen molar-refractivity contribution >= 4 is 23.1 Å². The molecule has 0 N–H and O–H groups in total. The summed E-state index contributed by atoms with van der Waals surface area (Å²) in [5, 5.41) is 4.06. The zero-order valence-electron chi connectivity index (χ0n) is 10.4. The highest BCUT2D eigenvalue weighted by Gasteiger charge is 2.21. The third kappa shape index (κ3) is 3.37. The number of rotatable bonds is 4. The molecule has 0 bridgehead atoms. The van der Waals surface area contributed by atoms with E-state index in [-0.39, 0.29) is 0 Å². The first kappa shape index (κ1) is 13.2. The fourth-order valence-corrected chi connectivity index (χ4v) is 2.74. The van der Waals surface area contributed by atoms with Gasteiger partial charge in [-0.3, -0.25) is 9.80 Å². The van der Waals surface area contributed by atoms with E-state index in [0.717, 1.165) is 42.8 Å². The molecule has 1 unspecified atom stereocenters. The molecule has 2 heterocycles. The summed E-state index contributed by atoms with van der Waals surface area (Å²) in [6.07, 6.45) is 1.22. The van der Waals surface area contributed by atoms with E-state index >= 15 is 0 Å². The standard InChI is InChI=1S/C11H19ClN4S/c1-3-9(2)16-6-4-15(5-7-16)8-10-11(12)17-14-13-10/h9H,3-8H2,1-2H3.